The van der Waals surface area contributed by atoms with Crippen molar-refractivity contribution in [1.82, 2.24) is 0 Å². The van der Waals surface area contributed by atoms with Crippen LogP contribution in [-0.2, 0) is 17.1 Å². The Kier molecular flexibility index (Phi) is 5.54. The molecule has 3 nitrogen and oxygen atoms in total. The molecule has 0 radical (unpaired) electrons. The topological polar surface area (TPSA) is 38.7 Å². The third-order valence-electron chi connectivity index (χ3n) is 4.70. The molecule has 0 aromatic heterocycles. The van der Waals surface area contributed by atoms with E-state index in [4.69, 9.17) is 9.47 Å². The van der Waals surface area contributed by atoms with Gasteiger partial charge < -0.3 is 14.6 Å². The first-order valence-corrected chi connectivity index (χ1v) is 8.83. The van der Waals surface area contributed by atoms with Gasteiger partial charge in [0, 0.05) is 12.0 Å². The molecule has 1 aliphatic heterocycles. The molecule has 0 unspecified atom stereocenters. The van der Waals surface area contributed by atoms with Crippen molar-refractivity contribution in [2.45, 2.75) is 45.0 Å². The molecule has 0 spiro atoms. The molecule has 1 N–H and O–H groups in total. The number of benzene rings is 2. The van der Waals surface area contributed by atoms with E-state index in [1.54, 1.807) is 0 Å². The maximum Gasteiger partial charge on any atom is 0.192 e. The van der Waals surface area contributed by atoms with Crippen LogP contribution in [-0.4, -0.2) is 11.7 Å². The molecule has 1 aliphatic rings. The smallest absolute Gasteiger partial charge is 0.192 e. The Labute approximate surface area is 144 Å². The first-order valence-electron chi connectivity index (χ1n) is 8.83. The van der Waals surface area contributed by atoms with E-state index in [0.29, 0.717) is 25.6 Å². The fourth-order valence-electron chi connectivity index (χ4n) is 3.23. The molecule has 2 atom stereocenters. The SMILES string of the molecule is CCC[C@@H]1CC[C@](O)(c2ccc(OCc3ccccc3)cc2)OC1. The van der Waals surface area contributed by atoms with Gasteiger partial charge in [0.05, 0.1) is 6.61 Å². The number of hydrogen-bond acceptors (Lipinski definition) is 3. The Morgan fingerprint density at radius 2 is 1.88 bits per heavy atom. The van der Waals surface area contributed by atoms with Crippen molar-refractivity contribution < 1.29 is 14.6 Å². The number of rotatable bonds is 6. The van der Waals surface area contributed by atoms with E-state index in [9.17, 15) is 5.11 Å². The van der Waals surface area contributed by atoms with Crippen molar-refractivity contribution in [1.29, 1.82) is 0 Å². The predicted molar refractivity (Wildman–Crippen MR) is 94.7 cm³/mol. The van der Waals surface area contributed by atoms with Crippen molar-refractivity contribution in [3.8, 4) is 5.75 Å². The zero-order chi connectivity index (χ0) is 16.8. The van der Waals surface area contributed by atoms with Gasteiger partial charge in [0.25, 0.3) is 0 Å². The molecule has 24 heavy (non-hydrogen) atoms. The average Bonchev–Trinajstić information content (AvgIpc) is 2.64. The summed E-state index contributed by atoms with van der Waals surface area (Å²) in [5.41, 5.74) is 1.95. The van der Waals surface area contributed by atoms with Crippen LogP contribution in [0.5, 0.6) is 5.75 Å². The van der Waals surface area contributed by atoms with Crippen molar-refractivity contribution in [2.75, 3.05) is 6.61 Å². The van der Waals surface area contributed by atoms with Crippen molar-refractivity contribution in [3.05, 3.63) is 65.7 Å². The Balaban J connectivity index is 1.58. The minimum absolute atomic E-state index is 0.541. The lowest BCUT2D eigenvalue weighted by molar-refractivity contribution is -0.245. The Bertz CT molecular complexity index is 613. The second kappa shape index (κ2) is 7.82. The number of aliphatic hydroxyl groups is 1. The molecular formula is C21H26O3. The number of ether oxygens (including phenoxy) is 2. The maximum atomic E-state index is 10.8. The fraction of sp³-hybridized carbons (Fsp3) is 0.429. The average molecular weight is 326 g/mol. The van der Waals surface area contributed by atoms with Gasteiger partial charge in [-0.05, 0) is 48.6 Å². The highest BCUT2D eigenvalue weighted by molar-refractivity contribution is 5.30. The molecular weight excluding hydrogens is 300 g/mol. The molecule has 0 aliphatic carbocycles. The molecule has 2 aromatic rings. The Morgan fingerprint density at radius 3 is 2.50 bits per heavy atom. The van der Waals surface area contributed by atoms with Gasteiger partial charge >= 0.3 is 0 Å². The molecule has 128 valence electrons. The third kappa shape index (κ3) is 4.16. The summed E-state index contributed by atoms with van der Waals surface area (Å²) in [5, 5.41) is 10.8. The van der Waals surface area contributed by atoms with Crippen molar-refractivity contribution in [2.24, 2.45) is 5.92 Å². The second-order valence-corrected chi connectivity index (χ2v) is 6.59. The van der Waals surface area contributed by atoms with Gasteiger partial charge in [-0.15, -0.1) is 0 Å². The second-order valence-electron chi connectivity index (χ2n) is 6.59. The van der Waals surface area contributed by atoms with Gasteiger partial charge in [-0.1, -0.05) is 43.7 Å². The van der Waals surface area contributed by atoms with Crippen LogP contribution in [0.3, 0.4) is 0 Å². The van der Waals surface area contributed by atoms with Gasteiger partial charge in [-0.3, -0.25) is 0 Å². The van der Waals surface area contributed by atoms with Gasteiger partial charge in [0.2, 0.25) is 0 Å². The molecule has 0 bridgehead atoms. The summed E-state index contributed by atoms with van der Waals surface area (Å²) in [5.74, 6) is 0.219. The van der Waals surface area contributed by atoms with Gasteiger partial charge in [-0.25, -0.2) is 0 Å². The van der Waals surface area contributed by atoms with Crippen LogP contribution in [0, 0.1) is 5.92 Å². The van der Waals surface area contributed by atoms with E-state index < -0.39 is 5.79 Å². The van der Waals surface area contributed by atoms with E-state index in [0.717, 1.165) is 23.3 Å². The first kappa shape index (κ1) is 17.0. The zero-order valence-corrected chi connectivity index (χ0v) is 14.3. The molecule has 1 heterocycles. The summed E-state index contributed by atoms with van der Waals surface area (Å²) in [7, 11) is 0. The molecule has 0 amide bonds. The Hall–Kier alpha value is -1.84. The quantitative estimate of drug-likeness (QED) is 0.840. The van der Waals surface area contributed by atoms with Crippen molar-refractivity contribution in [3.63, 3.8) is 0 Å². The largest absolute Gasteiger partial charge is 0.489 e. The van der Waals surface area contributed by atoms with Crippen LogP contribution in [0.2, 0.25) is 0 Å². The van der Waals surface area contributed by atoms with Gasteiger partial charge in [0.15, 0.2) is 5.79 Å². The highest BCUT2D eigenvalue weighted by Gasteiger charge is 2.35. The van der Waals surface area contributed by atoms with Crippen molar-refractivity contribution >= 4 is 0 Å². The van der Waals surface area contributed by atoms with Crippen LogP contribution in [0.4, 0.5) is 0 Å². The van der Waals surface area contributed by atoms with Gasteiger partial charge in [-0.2, -0.15) is 0 Å². The summed E-state index contributed by atoms with van der Waals surface area (Å²) in [6, 6.07) is 17.7. The van der Waals surface area contributed by atoms with Crippen LogP contribution in [0.1, 0.15) is 43.7 Å². The van der Waals surface area contributed by atoms with E-state index in [-0.39, 0.29) is 0 Å². The highest BCUT2D eigenvalue weighted by Crippen LogP contribution is 2.36. The van der Waals surface area contributed by atoms with E-state index >= 15 is 0 Å². The summed E-state index contributed by atoms with van der Waals surface area (Å²) in [6.45, 7) is 3.37. The van der Waals surface area contributed by atoms with E-state index in [1.807, 2.05) is 54.6 Å². The molecule has 0 saturated carbocycles. The molecule has 3 rings (SSSR count). The van der Waals surface area contributed by atoms with Crippen LogP contribution in [0.15, 0.2) is 54.6 Å². The molecule has 3 heteroatoms. The minimum Gasteiger partial charge on any atom is -0.489 e. The first-order chi connectivity index (χ1) is 11.7. The molecule has 1 fully saturated rings. The van der Waals surface area contributed by atoms with E-state index in [1.165, 1.54) is 12.8 Å². The zero-order valence-electron chi connectivity index (χ0n) is 14.3. The summed E-state index contributed by atoms with van der Waals surface area (Å²) in [4.78, 5) is 0. The lowest BCUT2D eigenvalue weighted by Gasteiger charge is -2.36. The van der Waals surface area contributed by atoms with E-state index in [2.05, 4.69) is 6.92 Å². The normalized spacial score (nSPS) is 23.8. The third-order valence-corrected chi connectivity index (χ3v) is 4.70. The Morgan fingerprint density at radius 1 is 1.12 bits per heavy atom. The fourth-order valence-corrected chi connectivity index (χ4v) is 3.23. The lowest BCUT2D eigenvalue weighted by Crippen LogP contribution is -2.36. The van der Waals surface area contributed by atoms with Crippen LogP contribution in [0.25, 0.3) is 0 Å². The van der Waals surface area contributed by atoms with Crippen LogP contribution < -0.4 is 4.74 Å². The highest BCUT2D eigenvalue weighted by atomic mass is 16.6. The van der Waals surface area contributed by atoms with Crippen LogP contribution >= 0.6 is 0 Å². The maximum absolute atomic E-state index is 10.8. The molecule has 2 aromatic carbocycles. The standard InChI is InChI=1S/C21H26O3/c1-2-6-17-13-14-21(22,24-16-17)19-9-11-20(12-10-19)23-15-18-7-4-3-5-8-18/h3-5,7-12,17,22H,2,6,13-16H2,1H3/t17-,21-/m1/s1. The predicted octanol–water partition coefficient (Wildman–Crippen LogP) is 4.64. The summed E-state index contributed by atoms with van der Waals surface area (Å²) >= 11 is 0. The van der Waals surface area contributed by atoms with Gasteiger partial charge in [0.1, 0.15) is 12.4 Å². The summed E-state index contributed by atoms with van der Waals surface area (Å²) < 4.78 is 11.6. The monoisotopic (exact) mass is 326 g/mol. The molecule has 1 saturated heterocycles. The number of hydrogen-bond donors (Lipinski definition) is 1. The lowest BCUT2D eigenvalue weighted by atomic mass is 9.89. The minimum atomic E-state index is -1.15. The summed E-state index contributed by atoms with van der Waals surface area (Å²) in [6.07, 6.45) is 4.00.